The maximum atomic E-state index is 10.8. The lowest BCUT2D eigenvalue weighted by Crippen LogP contribution is -2.62. The van der Waals surface area contributed by atoms with Crippen molar-refractivity contribution in [2.24, 2.45) is 0 Å². The van der Waals surface area contributed by atoms with Gasteiger partial charge in [-0.1, -0.05) is 0 Å². The van der Waals surface area contributed by atoms with Crippen LogP contribution >= 0.6 is 37.9 Å². The van der Waals surface area contributed by atoms with Gasteiger partial charge in [-0.3, -0.25) is 4.79 Å². The number of nitrogens with one attached hydrogen (secondary N) is 1. The van der Waals surface area contributed by atoms with Crippen LogP contribution in [0, 0.1) is 0 Å². The van der Waals surface area contributed by atoms with Gasteiger partial charge in [0.05, 0.1) is 140 Å². The predicted molar refractivity (Wildman–Crippen MR) is 286 cm³/mol. The lowest BCUT2D eigenvalue weighted by atomic mass is 9.93. The molecule has 448 valence electrons. The molecule has 6 heterocycles. The standard InChI is InChI=1S/C9H17NO4.C9H19NO3.C9H19NO2.3C7H14O4S/c1-4-8(12)7(10-6(3)11)9(13)5(2)14-4;1-5-8(11)7(10(3)4)9(12)6(2)13-5;1-6-5-8(10(3)4)9(11)7(2)12-6;1-3-5(9)6(10)7(12)4(2-8)11-3;1-3-5(8)7(10)6(9)4(2-12)11-3;1-3-5(9)7(12)6(10)4(2-8)11-3/h4-5,7-9,12-13H,1-3H3,(H,10,11);5-9,11-12H,1-4H3;6-9,11H,5H2,1-4H3;3*3-10,12H,2H2,1H3. The van der Waals surface area contributed by atoms with Gasteiger partial charge >= 0.3 is 0 Å². The van der Waals surface area contributed by atoms with Crippen molar-refractivity contribution in [3.05, 3.63) is 0 Å². The Morgan fingerprint density at radius 1 is 0.453 bits per heavy atom. The fourth-order valence-corrected chi connectivity index (χ4v) is 10.3. The van der Waals surface area contributed by atoms with Crippen LogP contribution in [0.1, 0.15) is 75.7 Å². The van der Waals surface area contributed by atoms with Gasteiger partial charge in [-0.2, -0.15) is 37.9 Å². The van der Waals surface area contributed by atoms with Crippen LogP contribution in [-0.2, 0) is 33.2 Å². The topological polar surface area (TPSA) is 374 Å². The first-order valence-electron chi connectivity index (χ1n) is 25.5. The van der Waals surface area contributed by atoms with Gasteiger partial charge < -0.3 is 115 Å². The summed E-state index contributed by atoms with van der Waals surface area (Å²) in [6.45, 7) is 16.9. The maximum absolute atomic E-state index is 10.8. The van der Waals surface area contributed by atoms with E-state index in [0.29, 0.717) is 5.75 Å². The zero-order valence-corrected chi connectivity index (χ0v) is 48.6. The Hall–Kier alpha value is -0.360. The number of carbonyl (C=O) groups excluding carboxylic acids is 1. The minimum atomic E-state index is -1.13. The van der Waals surface area contributed by atoms with Crippen molar-refractivity contribution in [1.82, 2.24) is 15.1 Å². The molecule has 6 aliphatic heterocycles. The molecule has 27 atom stereocenters. The Balaban J connectivity index is 0.000000450. The minimum absolute atomic E-state index is 0.0406. The molecule has 0 aromatic rings. The summed E-state index contributed by atoms with van der Waals surface area (Å²) < 4.78 is 31.7. The molecule has 6 fully saturated rings. The summed E-state index contributed by atoms with van der Waals surface area (Å²) in [6, 6.07) is -0.645. The van der Waals surface area contributed by atoms with Crippen LogP contribution < -0.4 is 5.32 Å². The van der Waals surface area contributed by atoms with Crippen LogP contribution in [0.25, 0.3) is 0 Å². The number of hydrogen-bond donors (Lipinski definition) is 18. The highest BCUT2D eigenvalue weighted by molar-refractivity contribution is 7.81. The third-order valence-corrected chi connectivity index (χ3v) is 15.7. The summed E-state index contributed by atoms with van der Waals surface area (Å²) in [6.07, 6.45) is -13.1. The molecule has 27 heteroatoms. The molecule has 0 spiro atoms. The second kappa shape index (κ2) is 34.2. The van der Waals surface area contributed by atoms with E-state index in [0.717, 1.165) is 6.42 Å². The molecule has 75 heavy (non-hydrogen) atoms. The van der Waals surface area contributed by atoms with Crippen molar-refractivity contribution in [2.75, 3.05) is 47.2 Å². The number of aliphatic hydroxyl groups is 14. The molecule has 24 nitrogen and oxygen atoms in total. The minimum Gasteiger partial charge on any atom is -0.394 e. The van der Waals surface area contributed by atoms with Gasteiger partial charge in [0.25, 0.3) is 0 Å². The normalized spacial score (nSPS) is 46.8. The van der Waals surface area contributed by atoms with Gasteiger partial charge in [0.2, 0.25) is 5.91 Å². The Morgan fingerprint density at radius 3 is 1.25 bits per heavy atom. The molecular formula is C48H97N3O21S3. The van der Waals surface area contributed by atoms with Gasteiger partial charge in [0, 0.05) is 18.7 Å². The monoisotopic (exact) mass is 1150 g/mol. The third-order valence-electron chi connectivity index (χ3n) is 14.1. The summed E-state index contributed by atoms with van der Waals surface area (Å²) in [5.41, 5.74) is 0. The van der Waals surface area contributed by atoms with Crippen LogP contribution in [0.2, 0.25) is 0 Å². The predicted octanol–water partition coefficient (Wildman–Crippen LogP) is -4.70. The molecule has 27 unspecified atom stereocenters. The largest absolute Gasteiger partial charge is 0.394 e. The van der Waals surface area contributed by atoms with Crippen LogP contribution in [0.15, 0.2) is 0 Å². The Labute approximate surface area is 459 Å². The van der Waals surface area contributed by atoms with Crippen LogP contribution in [0.5, 0.6) is 0 Å². The summed E-state index contributed by atoms with van der Waals surface area (Å²) in [4.78, 5) is 14.8. The number of aliphatic hydroxyl groups excluding tert-OH is 14. The average molecular weight is 1150 g/mol. The second-order valence-electron chi connectivity index (χ2n) is 20.7. The van der Waals surface area contributed by atoms with Crippen LogP contribution in [0.4, 0.5) is 0 Å². The number of hydrogen-bond acceptors (Lipinski definition) is 26. The van der Waals surface area contributed by atoms with Gasteiger partial charge in [-0.05, 0) is 96.9 Å². The van der Waals surface area contributed by atoms with E-state index < -0.39 is 120 Å². The average Bonchev–Trinajstić information content (AvgIpc) is 3.34. The summed E-state index contributed by atoms with van der Waals surface area (Å²) in [7, 11) is 7.70. The van der Waals surface area contributed by atoms with E-state index in [1.807, 2.05) is 53.9 Å². The third kappa shape index (κ3) is 21.2. The first kappa shape index (κ1) is 72.7. The first-order chi connectivity index (χ1) is 34.6. The Kier molecular flexibility index (Phi) is 33.1. The van der Waals surface area contributed by atoms with Gasteiger partial charge in [0.15, 0.2) is 0 Å². The van der Waals surface area contributed by atoms with E-state index in [4.69, 9.17) is 38.6 Å². The second-order valence-corrected chi connectivity index (χ2v) is 22.3. The molecule has 0 aromatic carbocycles. The summed E-state index contributed by atoms with van der Waals surface area (Å²) in [5, 5.41) is 133. The zero-order chi connectivity index (χ0) is 58.3. The summed E-state index contributed by atoms with van der Waals surface area (Å²) >= 11 is 12.0. The van der Waals surface area contributed by atoms with Crippen molar-refractivity contribution in [1.29, 1.82) is 0 Å². The molecular weight excluding hydrogens is 1050 g/mol. The molecule has 6 saturated heterocycles. The molecule has 0 aromatic heterocycles. The number of likely N-dealkylation sites (N-methyl/N-ethyl adjacent to an activating group) is 2. The SMILES string of the molecule is CC(=O)NC1C(O)C(C)OC(C)C1O.CC1CC(N(C)C)C(O)C(C)O1.CC1OC(C)C(O)C(N(C)C)C1O.CC1OC(CO)C(O)C(S)C1O.CC1OC(CO)C(S)C(O)C1O.CC1OC(CS)C(O)C(O)C1O. The lowest BCUT2D eigenvalue weighted by Gasteiger charge is -2.43. The quantitative estimate of drug-likeness (QED) is 0.111. The first-order valence-corrected chi connectivity index (χ1v) is 27.2. The number of ether oxygens (including phenoxy) is 6. The molecule has 1 amide bonds. The maximum Gasteiger partial charge on any atom is 0.217 e. The van der Waals surface area contributed by atoms with Crippen molar-refractivity contribution in [3.63, 3.8) is 0 Å². The number of carbonyl (C=O) groups is 1. The highest BCUT2D eigenvalue weighted by Crippen LogP contribution is 2.28. The molecule has 15 N–H and O–H groups in total. The number of thiol groups is 3. The number of nitrogens with zero attached hydrogens (tertiary/aromatic N) is 2. The van der Waals surface area contributed by atoms with Crippen molar-refractivity contribution < 1.29 is 105 Å². The van der Waals surface area contributed by atoms with Gasteiger partial charge in [-0.25, -0.2) is 0 Å². The molecule has 0 aliphatic carbocycles. The van der Waals surface area contributed by atoms with Gasteiger partial charge in [0.1, 0.15) is 42.7 Å². The smallest absolute Gasteiger partial charge is 0.217 e. The number of rotatable bonds is 6. The van der Waals surface area contributed by atoms with E-state index in [-0.39, 0.29) is 73.9 Å². The van der Waals surface area contributed by atoms with Crippen molar-refractivity contribution in [2.45, 2.75) is 251 Å². The summed E-state index contributed by atoms with van der Waals surface area (Å²) in [5.74, 6) is 0.0596. The van der Waals surface area contributed by atoms with Crippen molar-refractivity contribution in [3.8, 4) is 0 Å². The fourth-order valence-electron chi connectivity index (χ4n) is 9.23. The highest BCUT2D eigenvalue weighted by atomic mass is 32.1. The molecule has 0 saturated carbocycles. The lowest BCUT2D eigenvalue weighted by molar-refractivity contribution is -0.210. The van der Waals surface area contributed by atoms with E-state index >= 15 is 0 Å². The van der Waals surface area contributed by atoms with E-state index in [9.17, 15) is 66.1 Å². The Bertz CT molecular complexity index is 1460. The molecule has 6 rings (SSSR count). The molecule has 0 radical (unpaired) electrons. The van der Waals surface area contributed by atoms with Crippen LogP contribution in [0.3, 0.4) is 0 Å². The number of amides is 1. The van der Waals surface area contributed by atoms with E-state index in [1.165, 1.54) is 6.92 Å². The van der Waals surface area contributed by atoms with Crippen molar-refractivity contribution >= 4 is 43.8 Å². The van der Waals surface area contributed by atoms with E-state index in [2.05, 4.69) is 55.0 Å². The molecule has 6 aliphatic rings. The van der Waals surface area contributed by atoms with E-state index in [1.54, 1.807) is 34.6 Å². The van der Waals surface area contributed by atoms with Crippen LogP contribution in [-0.4, -0.2) is 309 Å². The Morgan fingerprint density at radius 2 is 0.840 bits per heavy atom. The molecule has 0 bridgehead atoms. The fraction of sp³-hybridized carbons (Fsp3) is 0.979. The zero-order valence-electron chi connectivity index (χ0n) is 45.9. The van der Waals surface area contributed by atoms with Gasteiger partial charge in [-0.15, -0.1) is 0 Å². The highest BCUT2D eigenvalue weighted by Gasteiger charge is 2.45.